The van der Waals surface area contributed by atoms with Crippen LogP contribution in [0.15, 0.2) is 24.3 Å². The number of nitrogens with zero attached hydrogens (tertiary/aromatic N) is 1. The van der Waals surface area contributed by atoms with Crippen LogP contribution in [0.4, 0.5) is 0 Å². The summed E-state index contributed by atoms with van der Waals surface area (Å²) in [5.74, 6) is 1.59. The highest BCUT2D eigenvalue weighted by atomic mass is 32.1. The van der Waals surface area contributed by atoms with E-state index in [4.69, 9.17) is 17.0 Å². The molecule has 1 aliphatic heterocycles. The summed E-state index contributed by atoms with van der Waals surface area (Å²) in [6, 6.07) is 8.10. The van der Waals surface area contributed by atoms with Crippen LogP contribution < -0.4 is 10.1 Å². The van der Waals surface area contributed by atoms with E-state index in [0.717, 1.165) is 42.4 Å². The second-order valence-corrected chi connectivity index (χ2v) is 7.12. The Hall–Kier alpha value is -1.13. The predicted octanol–water partition coefficient (Wildman–Crippen LogP) is 3.86. The maximum atomic E-state index is 5.74. The molecule has 1 aromatic rings. The fourth-order valence-electron chi connectivity index (χ4n) is 2.73. The molecule has 0 radical (unpaired) electrons. The summed E-state index contributed by atoms with van der Waals surface area (Å²) >= 11 is 5.48. The Morgan fingerprint density at radius 3 is 2.52 bits per heavy atom. The smallest absolute Gasteiger partial charge is 0.119 e. The number of benzene rings is 1. The van der Waals surface area contributed by atoms with E-state index in [1.807, 2.05) is 24.3 Å². The molecule has 3 nitrogen and oxygen atoms in total. The van der Waals surface area contributed by atoms with Crippen molar-refractivity contribution in [1.29, 1.82) is 0 Å². The number of rotatable bonds is 8. The molecule has 128 valence electrons. The molecule has 1 fully saturated rings. The van der Waals surface area contributed by atoms with Crippen LogP contribution in [-0.4, -0.2) is 42.7 Å². The average Bonchev–Trinajstić information content (AvgIpc) is 2.56. The van der Waals surface area contributed by atoms with Crippen molar-refractivity contribution in [3.63, 3.8) is 0 Å². The van der Waals surface area contributed by atoms with Crippen LogP contribution in [0.5, 0.6) is 5.75 Å². The Bertz CT molecular complexity index is 467. The van der Waals surface area contributed by atoms with Gasteiger partial charge in [0.05, 0.1) is 6.61 Å². The molecule has 23 heavy (non-hydrogen) atoms. The molecule has 0 aromatic heterocycles. The van der Waals surface area contributed by atoms with Crippen LogP contribution in [0.25, 0.3) is 0 Å². The number of nitrogens with one attached hydrogen (secondary N) is 1. The zero-order chi connectivity index (χ0) is 16.5. The van der Waals surface area contributed by atoms with E-state index in [0.29, 0.717) is 5.92 Å². The van der Waals surface area contributed by atoms with Crippen molar-refractivity contribution in [2.75, 3.05) is 32.8 Å². The first-order valence-corrected chi connectivity index (χ1v) is 9.29. The van der Waals surface area contributed by atoms with Crippen LogP contribution in [0.1, 0.15) is 45.1 Å². The second kappa shape index (κ2) is 9.89. The summed E-state index contributed by atoms with van der Waals surface area (Å²) < 4.78 is 5.74. The molecule has 1 aromatic carbocycles. The highest BCUT2D eigenvalue weighted by Gasteiger charge is 2.09. The minimum absolute atomic E-state index is 0.672. The van der Waals surface area contributed by atoms with Crippen molar-refractivity contribution < 1.29 is 4.74 Å². The molecule has 0 amide bonds. The summed E-state index contributed by atoms with van der Waals surface area (Å²) in [5, 5.41) is 3.37. The lowest BCUT2D eigenvalue weighted by atomic mass is 10.1. The Kier molecular flexibility index (Phi) is 7.83. The molecule has 0 bridgehead atoms. The number of likely N-dealkylation sites (tertiary alicyclic amines) is 1. The lowest BCUT2D eigenvalue weighted by molar-refractivity contribution is 0.232. The lowest BCUT2D eigenvalue weighted by Crippen LogP contribution is -2.37. The SMILES string of the molecule is CC(C)CCOc1ccc(C(=S)NCCN2CCCCC2)cc1. The third-order valence-electron chi connectivity index (χ3n) is 4.24. The van der Waals surface area contributed by atoms with E-state index >= 15 is 0 Å². The van der Waals surface area contributed by atoms with Crippen molar-refractivity contribution in [2.24, 2.45) is 5.92 Å². The molecule has 1 heterocycles. The van der Waals surface area contributed by atoms with Gasteiger partial charge in [-0.05, 0) is 62.5 Å². The summed E-state index contributed by atoms with van der Waals surface area (Å²) in [4.78, 5) is 3.35. The maximum absolute atomic E-state index is 5.74. The molecule has 1 saturated heterocycles. The van der Waals surface area contributed by atoms with E-state index in [9.17, 15) is 0 Å². The highest BCUT2D eigenvalue weighted by Crippen LogP contribution is 2.14. The highest BCUT2D eigenvalue weighted by molar-refractivity contribution is 7.80. The van der Waals surface area contributed by atoms with Gasteiger partial charge in [0.2, 0.25) is 0 Å². The second-order valence-electron chi connectivity index (χ2n) is 6.71. The minimum Gasteiger partial charge on any atom is -0.494 e. The number of ether oxygens (including phenoxy) is 1. The van der Waals surface area contributed by atoms with Crippen LogP contribution in [0.3, 0.4) is 0 Å². The van der Waals surface area contributed by atoms with Crippen molar-refractivity contribution in [1.82, 2.24) is 10.2 Å². The van der Waals surface area contributed by atoms with Crippen LogP contribution in [0.2, 0.25) is 0 Å². The standard InChI is InChI=1S/C19H30N2OS/c1-16(2)10-15-22-18-8-6-17(7-9-18)19(23)20-11-14-21-12-4-3-5-13-21/h6-9,16H,3-5,10-15H2,1-2H3,(H,20,23). The van der Waals surface area contributed by atoms with Gasteiger partial charge in [0, 0.05) is 18.7 Å². The van der Waals surface area contributed by atoms with E-state index in [1.54, 1.807) is 0 Å². The third kappa shape index (κ3) is 6.88. The summed E-state index contributed by atoms with van der Waals surface area (Å²) in [6.07, 6.45) is 5.14. The Labute approximate surface area is 146 Å². The average molecular weight is 335 g/mol. The minimum atomic E-state index is 0.672. The van der Waals surface area contributed by atoms with Crippen LogP contribution in [-0.2, 0) is 0 Å². The van der Waals surface area contributed by atoms with E-state index in [-0.39, 0.29) is 0 Å². The van der Waals surface area contributed by atoms with Gasteiger partial charge in [0.25, 0.3) is 0 Å². The fraction of sp³-hybridized carbons (Fsp3) is 0.632. The molecule has 0 atom stereocenters. The van der Waals surface area contributed by atoms with Crippen LogP contribution in [0, 0.1) is 5.92 Å². The quantitative estimate of drug-likeness (QED) is 0.730. The zero-order valence-corrected chi connectivity index (χ0v) is 15.3. The Balaban J connectivity index is 1.69. The molecule has 0 aliphatic carbocycles. The fourth-order valence-corrected chi connectivity index (χ4v) is 2.97. The molecule has 0 unspecified atom stereocenters. The van der Waals surface area contributed by atoms with Gasteiger partial charge in [-0.15, -0.1) is 0 Å². The molecular formula is C19H30N2OS. The Morgan fingerprint density at radius 2 is 1.87 bits per heavy atom. The molecule has 1 N–H and O–H groups in total. The number of hydrogen-bond donors (Lipinski definition) is 1. The van der Waals surface area contributed by atoms with Gasteiger partial charge >= 0.3 is 0 Å². The van der Waals surface area contributed by atoms with Gasteiger partial charge < -0.3 is 15.0 Å². The molecular weight excluding hydrogens is 304 g/mol. The first-order chi connectivity index (χ1) is 11.1. The molecule has 4 heteroatoms. The van der Waals surface area contributed by atoms with Crippen LogP contribution >= 0.6 is 12.2 Å². The number of hydrogen-bond acceptors (Lipinski definition) is 3. The van der Waals surface area contributed by atoms with Gasteiger partial charge in [-0.3, -0.25) is 0 Å². The molecule has 2 rings (SSSR count). The Morgan fingerprint density at radius 1 is 1.17 bits per heavy atom. The first kappa shape index (κ1) is 18.2. The van der Waals surface area contributed by atoms with E-state index in [1.165, 1.54) is 32.4 Å². The normalized spacial score (nSPS) is 15.6. The zero-order valence-electron chi connectivity index (χ0n) is 14.5. The number of thiocarbonyl (C=S) groups is 1. The first-order valence-electron chi connectivity index (χ1n) is 8.88. The molecule has 0 spiro atoms. The molecule has 1 aliphatic rings. The predicted molar refractivity (Wildman–Crippen MR) is 101 cm³/mol. The maximum Gasteiger partial charge on any atom is 0.119 e. The van der Waals surface area contributed by atoms with Gasteiger partial charge in [-0.1, -0.05) is 32.5 Å². The van der Waals surface area contributed by atoms with Gasteiger partial charge in [0.15, 0.2) is 0 Å². The lowest BCUT2D eigenvalue weighted by Gasteiger charge is -2.26. The topological polar surface area (TPSA) is 24.5 Å². The number of piperidine rings is 1. The third-order valence-corrected chi connectivity index (χ3v) is 4.62. The van der Waals surface area contributed by atoms with Crippen molar-refractivity contribution in [3.05, 3.63) is 29.8 Å². The summed E-state index contributed by atoms with van der Waals surface area (Å²) in [6.45, 7) is 9.66. The van der Waals surface area contributed by atoms with Crippen molar-refractivity contribution >= 4 is 17.2 Å². The monoisotopic (exact) mass is 334 g/mol. The summed E-state index contributed by atoms with van der Waals surface area (Å²) in [7, 11) is 0. The van der Waals surface area contributed by atoms with Crippen molar-refractivity contribution in [3.8, 4) is 5.75 Å². The van der Waals surface area contributed by atoms with E-state index in [2.05, 4.69) is 24.1 Å². The molecule has 0 saturated carbocycles. The van der Waals surface area contributed by atoms with E-state index < -0.39 is 0 Å². The van der Waals surface area contributed by atoms with Gasteiger partial charge in [-0.2, -0.15) is 0 Å². The summed E-state index contributed by atoms with van der Waals surface area (Å²) in [5.41, 5.74) is 1.06. The van der Waals surface area contributed by atoms with Crippen molar-refractivity contribution in [2.45, 2.75) is 39.5 Å². The largest absolute Gasteiger partial charge is 0.494 e. The van der Waals surface area contributed by atoms with Gasteiger partial charge in [0.1, 0.15) is 10.7 Å². The van der Waals surface area contributed by atoms with Gasteiger partial charge in [-0.25, -0.2) is 0 Å².